The third-order valence-corrected chi connectivity index (χ3v) is 8.07. The van der Waals surface area contributed by atoms with Gasteiger partial charge in [-0.05, 0) is 97.8 Å². The molecule has 0 aromatic heterocycles. The van der Waals surface area contributed by atoms with Crippen molar-refractivity contribution in [1.29, 1.82) is 0 Å². The summed E-state index contributed by atoms with van der Waals surface area (Å²) in [5.74, 6) is 0. The van der Waals surface area contributed by atoms with Crippen molar-refractivity contribution in [2.24, 2.45) is 0 Å². The zero-order chi connectivity index (χ0) is 29.7. The normalized spacial score (nSPS) is 10.0. The molecule has 2 nitrogen and oxygen atoms in total. The molecule has 0 amide bonds. The highest BCUT2D eigenvalue weighted by Crippen LogP contribution is 2.32. The van der Waals surface area contributed by atoms with Crippen LogP contribution in [0.4, 0.5) is 0 Å². The minimum absolute atomic E-state index is 0.531. The predicted octanol–water partition coefficient (Wildman–Crippen LogP) is 9.87. The van der Waals surface area contributed by atoms with E-state index in [2.05, 4.69) is 139 Å². The lowest BCUT2D eigenvalue weighted by Gasteiger charge is -2.10. The molecule has 0 radical (unpaired) electrons. The molecule has 0 aliphatic carbocycles. The molecule has 0 spiro atoms. The molecule has 0 aliphatic heterocycles. The van der Waals surface area contributed by atoms with Gasteiger partial charge < -0.3 is 10.0 Å². The van der Waals surface area contributed by atoms with E-state index in [4.69, 9.17) is 0 Å². The molecule has 6 heteroatoms. The van der Waals surface area contributed by atoms with E-state index >= 15 is 0 Å². The van der Waals surface area contributed by atoms with Crippen LogP contribution in [0.5, 0.6) is 0 Å². The number of halogens is 3. The number of hydrogen-bond donors (Lipinski definition) is 2. The molecule has 42 heavy (non-hydrogen) atoms. The summed E-state index contributed by atoms with van der Waals surface area (Å²) in [7, 11) is -1.43. The van der Waals surface area contributed by atoms with Gasteiger partial charge in [0.1, 0.15) is 0 Å². The number of benzene rings is 6. The highest BCUT2D eigenvalue weighted by Gasteiger charge is 2.15. The molecule has 0 aliphatic rings. The highest BCUT2D eigenvalue weighted by atomic mass is 127. The van der Waals surface area contributed by atoms with Crippen LogP contribution in [0.25, 0.3) is 33.4 Å². The van der Waals surface area contributed by atoms with Gasteiger partial charge in [-0.3, -0.25) is 0 Å². The molecule has 208 valence electrons. The Hall–Kier alpha value is -3.01. The Morgan fingerprint density at radius 1 is 0.405 bits per heavy atom. The zero-order valence-corrected chi connectivity index (χ0v) is 27.9. The smallest absolute Gasteiger partial charge is 0.423 e. The van der Waals surface area contributed by atoms with Gasteiger partial charge >= 0.3 is 7.12 Å². The molecule has 2 N–H and O–H groups in total. The Bertz CT molecular complexity index is 1640. The van der Waals surface area contributed by atoms with E-state index < -0.39 is 7.12 Å². The van der Waals surface area contributed by atoms with Crippen LogP contribution < -0.4 is 5.46 Å². The molecular weight excluding hydrogens is 762 g/mol. The van der Waals surface area contributed by atoms with Crippen LogP contribution in [-0.2, 0) is 0 Å². The monoisotopic (exact) mass is 788 g/mol. The zero-order valence-electron chi connectivity index (χ0n) is 22.6. The van der Waals surface area contributed by atoms with E-state index in [1.54, 1.807) is 12.1 Å². The second-order valence-electron chi connectivity index (χ2n) is 9.18. The number of rotatable bonds is 4. The maximum Gasteiger partial charge on any atom is 0.489 e. The summed E-state index contributed by atoms with van der Waals surface area (Å²) in [5.41, 5.74) is 7.40. The first-order valence-corrected chi connectivity index (χ1v) is 15.9. The van der Waals surface area contributed by atoms with Crippen LogP contribution in [0.1, 0.15) is 0 Å². The summed E-state index contributed by atoms with van der Waals surface area (Å²) >= 11 is 9.10. The highest BCUT2D eigenvalue weighted by molar-refractivity contribution is 14.1. The number of hydrogen-bond acceptors (Lipinski definition) is 2. The van der Waals surface area contributed by atoms with E-state index in [0.29, 0.717) is 5.46 Å². The van der Waals surface area contributed by atoms with Gasteiger partial charge in [-0.15, -0.1) is 0 Å². The summed E-state index contributed by atoms with van der Waals surface area (Å²) in [5, 5.41) is 18.4. The molecule has 0 atom stereocenters. The van der Waals surface area contributed by atoms with Crippen molar-refractivity contribution in [1.82, 2.24) is 0 Å². The van der Waals surface area contributed by atoms with E-state index in [1.165, 1.54) is 25.8 Å². The molecule has 6 rings (SSSR count). The lowest BCUT2D eigenvalue weighted by Crippen LogP contribution is -2.31. The molecule has 6 aromatic rings. The van der Waals surface area contributed by atoms with Crippen molar-refractivity contribution in [3.63, 3.8) is 0 Å². The average Bonchev–Trinajstić information content (AvgIpc) is 3.04. The van der Waals surface area contributed by atoms with Crippen LogP contribution in [0.3, 0.4) is 0 Å². The third-order valence-electron chi connectivity index (χ3n) is 6.29. The lowest BCUT2D eigenvalue weighted by atomic mass is 9.75. The van der Waals surface area contributed by atoms with Crippen LogP contribution in [0, 0.1) is 3.57 Å². The molecule has 6 aromatic carbocycles. The molecule has 0 saturated carbocycles. The first-order chi connectivity index (χ1) is 20.4. The van der Waals surface area contributed by atoms with Crippen LogP contribution >= 0.6 is 54.5 Å². The van der Waals surface area contributed by atoms with Gasteiger partial charge in [0.2, 0.25) is 0 Å². The largest absolute Gasteiger partial charge is 0.489 e. The van der Waals surface area contributed by atoms with Gasteiger partial charge in [-0.1, -0.05) is 153 Å². The molecule has 0 heterocycles. The van der Waals surface area contributed by atoms with Crippen LogP contribution in [0.15, 0.2) is 167 Å². The van der Waals surface area contributed by atoms with E-state index in [1.807, 2.05) is 60.7 Å². The van der Waals surface area contributed by atoms with Gasteiger partial charge in [0, 0.05) is 12.5 Å². The molecule has 0 saturated heterocycles. The molecular formula is C36H28BBr2IO2. The summed E-state index contributed by atoms with van der Waals surface area (Å²) in [4.78, 5) is 0. The van der Waals surface area contributed by atoms with Crippen molar-refractivity contribution in [3.05, 3.63) is 170 Å². The predicted molar refractivity (Wildman–Crippen MR) is 194 cm³/mol. The Labute approximate surface area is 278 Å². The van der Waals surface area contributed by atoms with E-state index in [0.717, 1.165) is 20.1 Å². The quantitative estimate of drug-likeness (QED) is 0.138. The van der Waals surface area contributed by atoms with Gasteiger partial charge in [0.15, 0.2) is 0 Å². The third kappa shape index (κ3) is 9.51. The summed E-state index contributed by atoms with van der Waals surface area (Å²) in [6.45, 7) is 0. The topological polar surface area (TPSA) is 40.5 Å². The minimum atomic E-state index is -1.43. The Morgan fingerprint density at radius 3 is 1.21 bits per heavy atom. The fourth-order valence-electron chi connectivity index (χ4n) is 4.27. The first kappa shape index (κ1) is 31.9. The van der Waals surface area contributed by atoms with E-state index in [-0.39, 0.29) is 0 Å². The summed E-state index contributed by atoms with van der Waals surface area (Å²) in [6, 6.07) is 52.6. The average molecular weight is 790 g/mol. The van der Waals surface area contributed by atoms with E-state index in [9.17, 15) is 10.0 Å². The van der Waals surface area contributed by atoms with Crippen molar-refractivity contribution in [2.45, 2.75) is 0 Å². The molecule has 0 bridgehead atoms. The fourth-order valence-corrected chi connectivity index (χ4v) is 5.15. The minimum Gasteiger partial charge on any atom is -0.423 e. The lowest BCUT2D eigenvalue weighted by molar-refractivity contribution is 0.426. The van der Waals surface area contributed by atoms with Crippen molar-refractivity contribution < 1.29 is 10.0 Å². The van der Waals surface area contributed by atoms with Gasteiger partial charge in [0.25, 0.3) is 0 Å². The second-order valence-corrected chi connectivity index (χ2v) is 12.3. The van der Waals surface area contributed by atoms with Gasteiger partial charge in [-0.25, -0.2) is 0 Å². The van der Waals surface area contributed by atoms with Gasteiger partial charge in [0.05, 0.1) is 0 Å². The van der Waals surface area contributed by atoms with Crippen molar-refractivity contribution in [3.8, 4) is 33.4 Å². The Balaban J connectivity index is 0.000000157. The second kappa shape index (κ2) is 16.6. The van der Waals surface area contributed by atoms with Crippen molar-refractivity contribution >= 4 is 67.0 Å². The fraction of sp³-hybridized carbons (Fsp3) is 0. The van der Waals surface area contributed by atoms with Crippen LogP contribution in [-0.4, -0.2) is 17.2 Å². The molecule has 0 fully saturated rings. The maximum atomic E-state index is 9.22. The first-order valence-electron chi connectivity index (χ1n) is 13.2. The molecule has 0 unspecified atom stereocenters. The Morgan fingerprint density at radius 2 is 0.762 bits per heavy atom. The Kier molecular flexibility index (Phi) is 12.6. The summed E-state index contributed by atoms with van der Waals surface area (Å²) < 4.78 is 3.51. The maximum absolute atomic E-state index is 9.22. The van der Waals surface area contributed by atoms with Crippen LogP contribution in [0.2, 0.25) is 0 Å². The standard InChI is InChI=1S/C18H13Br.C12H11BO2.C6H4BrI/c19-16-12-10-15(11-13-16)18-9-5-4-8-17(18)14-6-2-1-3-7-14;14-13(15)12-9-5-4-8-11(12)10-6-2-1-3-7-10;7-5-1-3-6(8)4-2-5/h1-13H;1-9,14-15H;1-4H. The van der Waals surface area contributed by atoms with Crippen molar-refractivity contribution in [2.75, 3.05) is 0 Å². The van der Waals surface area contributed by atoms with Gasteiger partial charge in [-0.2, -0.15) is 0 Å². The SMILES string of the molecule is Brc1ccc(-c2ccccc2-c2ccccc2)cc1.Brc1ccc(I)cc1.OB(O)c1ccccc1-c1ccccc1. The summed E-state index contributed by atoms with van der Waals surface area (Å²) in [6.07, 6.45) is 0.